The van der Waals surface area contributed by atoms with Gasteiger partial charge in [-0.2, -0.15) is 0 Å². The van der Waals surface area contributed by atoms with E-state index in [9.17, 15) is 19.5 Å². The van der Waals surface area contributed by atoms with E-state index in [1.807, 2.05) is 0 Å². The van der Waals surface area contributed by atoms with Gasteiger partial charge in [-0.05, 0) is 48.0 Å². The number of esters is 1. The monoisotopic (exact) mass is 374 g/mol. The van der Waals surface area contributed by atoms with Crippen molar-refractivity contribution in [1.82, 2.24) is 10.2 Å². The number of nitrogens with zero attached hydrogens (tertiary/aromatic N) is 1. The van der Waals surface area contributed by atoms with Gasteiger partial charge in [0.2, 0.25) is 0 Å². The Kier molecular flexibility index (Phi) is 6.51. The van der Waals surface area contributed by atoms with Gasteiger partial charge in [-0.15, -0.1) is 0 Å². The van der Waals surface area contributed by atoms with Crippen LogP contribution < -0.4 is 5.32 Å². The lowest BCUT2D eigenvalue weighted by Crippen LogP contribution is -2.67. The predicted molar refractivity (Wildman–Crippen MR) is 92.5 cm³/mol. The second-order valence-corrected chi connectivity index (χ2v) is 8.31. The molecule has 0 aliphatic carbocycles. The molecule has 0 spiro atoms. The van der Waals surface area contributed by atoms with Crippen LogP contribution in [0, 0.1) is 0 Å². The summed E-state index contributed by atoms with van der Waals surface area (Å²) < 4.78 is 15.1. The summed E-state index contributed by atoms with van der Waals surface area (Å²) in [4.78, 5) is 37.7. The minimum atomic E-state index is -2.11. The van der Waals surface area contributed by atoms with E-state index in [4.69, 9.17) is 9.47 Å². The third-order valence-corrected chi connectivity index (χ3v) is 3.58. The summed E-state index contributed by atoms with van der Waals surface area (Å²) in [5.41, 5.74) is -3.56. The zero-order valence-corrected chi connectivity index (χ0v) is 16.5. The van der Waals surface area contributed by atoms with Crippen molar-refractivity contribution in [2.24, 2.45) is 0 Å². The van der Waals surface area contributed by atoms with Crippen molar-refractivity contribution in [2.75, 3.05) is 20.2 Å². The number of carbonyl (C=O) groups is 3. The molecule has 1 fully saturated rings. The highest BCUT2D eigenvalue weighted by molar-refractivity contribution is 5.83. The van der Waals surface area contributed by atoms with Crippen LogP contribution in [-0.4, -0.2) is 71.2 Å². The van der Waals surface area contributed by atoms with E-state index in [-0.39, 0.29) is 19.5 Å². The largest absolute Gasteiger partial charge is 0.467 e. The number of likely N-dealkylation sites (tertiary alicyclic amines) is 1. The molecule has 1 aliphatic heterocycles. The second-order valence-electron chi connectivity index (χ2n) is 8.31. The lowest BCUT2D eigenvalue weighted by molar-refractivity contribution is -0.171. The number of hydrogen-bond donors (Lipinski definition) is 2. The molecule has 0 aromatic carbocycles. The van der Waals surface area contributed by atoms with Crippen LogP contribution in [0.5, 0.6) is 0 Å². The summed E-state index contributed by atoms with van der Waals surface area (Å²) >= 11 is 0. The molecule has 1 rings (SSSR count). The van der Waals surface area contributed by atoms with Gasteiger partial charge in [0.05, 0.1) is 19.7 Å². The van der Waals surface area contributed by atoms with Crippen LogP contribution in [-0.2, 0) is 19.0 Å². The minimum absolute atomic E-state index is 0.129. The van der Waals surface area contributed by atoms with Crippen LogP contribution >= 0.6 is 0 Å². The molecule has 9 heteroatoms. The lowest BCUT2D eigenvalue weighted by Gasteiger charge is -2.43. The summed E-state index contributed by atoms with van der Waals surface area (Å²) in [7, 11) is 1.12. The van der Waals surface area contributed by atoms with Gasteiger partial charge in [0.25, 0.3) is 0 Å². The Bertz CT molecular complexity index is 550. The second kappa shape index (κ2) is 7.69. The first-order chi connectivity index (χ1) is 11.7. The van der Waals surface area contributed by atoms with Gasteiger partial charge in [0, 0.05) is 6.54 Å². The number of ether oxygens (including phenoxy) is 3. The van der Waals surface area contributed by atoms with E-state index in [0.29, 0.717) is 0 Å². The van der Waals surface area contributed by atoms with Gasteiger partial charge in [-0.3, -0.25) is 0 Å². The van der Waals surface area contributed by atoms with Crippen molar-refractivity contribution >= 4 is 18.2 Å². The Hall–Kier alpha value is -2.03. The maximum Gasteiger partial charge on any atom is 0.410 e. The van der Waals surface area contributed by atoms with Crippen LogP contribution in [0.3, 0.4) is 0 Å². The molecule has 26 heavy (non-hydrogen) atoms. The van der Waals surface area contributed by atoms with Crippen LogP contribution in [0.25, 0.3) is 0 Å². The average molecular weight is 374 g/mol. The smallest absolute Gasteiger partial charge is 0.410 e. The molecular weight excluding hydrogens is 344 g/mol. The molecule has 0 aromatic heterocycles. The average Bonchev–Trinajstić information content (AvgIpc) is 2.44. The lowest BCUT2D eigenvalue weighted by atomic mass is 9.87. The molecule has 9 nitrogen and oxygen atoms in total. The summed E-state index contributed by atoms with van der Waals surface area (Å²) in [5, 5.41) is 13.4. The fourth-order valence-corrected chi connectivity index (χ4v) is 2.51. The maximum atomic E-state index is 12.3. The van der Waals surface area contributed by atoms with Crippen molar-refractivity contribution in [3.8, 4) is 0 Å². The molecular formula is C17H30N2O7. The van der Waals surface area contributed by atoms with Gasteiger partial charge in [-0.1, -0.05) is 0 Å². The molecule has 1 saturated heterocycles. The summed E-state index contributed by atoms with van der Waals surface area (Å²) in [6.07, 6.45) is -1.30. The number of carbonyl (C=O) groups excluding carboxylic acids is 3. The first-order valence-electron chi connectivity index (χ1n) is 8.46. The molecule has 0 bridgehead atoms. The molecule has 0 aromatic rings. The molecule has 2 atom stereocenters. The van der Waals surface area contributed by atoms with E-state index in [1.54, 1.807) is 41.5 Å². The number of amides is 2. The highest BCUT2D eigenvalue weighted by atomic mass is 16.6. The number of hydrogen-bond acceptors (Lipinski definition) is 7. The molecule has 2 amide bonds. The standard InChI is InChI=1S/C17H30N2O7/c1-15(2,3)25-13(21)18-11-8-9-19(14(22)26-16(4,5)6)10-17(11,23)12(20)24-7/h11,23H,8-10H2,1-7H3,(H,18,21). The van der Waals surface area contributed by atoms with Gasteiger partial charge in [0.1, 0.15) is 11.2 Å². The van der Waals surface area contributed by atoms with E-state index < -0.39 is 41.0 Å². The first kappa shape index (κ1) is 22.0. The van der Waals surface area contributed by atoms with Crippen molar-refractivity contribution in [1.29, 1.82) is 0 Å². The molecule has 0 saturated carbocycles. The van der Waals surface area contributed by atoms with E-state index in [1.165, 1.54) is 4.90 Å². The third-order valence-electron chi connectivity index (χ3n) is 3.58. The number of methoxy groups -OCH3 is 1. The van der Waals surface area contributed by atoms with Crippen molar-refractivity contribution in [3.63, 3.8) is 0 Å². The SMILES string of the molecule is COC(=O)C1(O)CN(C(=O)OC(C)(C)C)CCC1NC(=O)OC(C)(C)C. The van der Waals surface area contributed by atoms with Crippen LogP contribution in [0.2, 0.25) is 0 Å². The molecule has 0 radical (unpaired) electrons. The fourth-order valence-electron chi connectivity index (χ4n) is 2.51. The molecule has 1 heterocycles. The van der Waals surface area contributed by atoms with E-state index in [0.717, 1.165) is 7.11 Å². The Morgan fingerprint density at radius 2 is 1.62 bits per heavy atom. The first-order valence-corrected chi connectivity index (χ1v) is 8.46. The topological polar surface area (TPSA) is 114 Å². The van der Waals surface area contributed by atoms with Gasteiger partial charge in [0.15, 0.2) is 5.60 Å². The van der Waals surface area contributed by atoms with Crippen molar-refractivity contribution in [2.45, 2.75) is 70.8 Å². The Morgan fingerprint density at radius 3 is 2.08 bits per heavy atom. The highest BCUT2D eigenvalue weighted by Crippen LogP contribution is 2.25. The zero-order valence-electron chi connectivity index (χ0n) is 16.5. The highest BCUT2D eigenvalue weighted by Gasteiger charge is 2.51. The van der Waals surface area contributed by atoms with Crippen molar-refractivity contribution < 1.29 is 33.7 Å². The van der Waals surface area contributed by atoms with Gasteiger partial charge < -0.3 is 29.5 Å². The predicted octanol–water partition coefficient (Wildman–Crippen LogP) is 1.42. The summed E-state index contributed by atoms with van der Waals surface area (Å²) in [6.45, 7) is 10.1. The molecule has 2 N–H and O–H groups in total. The quantitative estimate of drug-likeness (QED) is 0.555. The summed E-state index contributed by atoms with van der Waals surface area (Å²) in [5.74, 6) is -0.952. The maximum absolute atomic E-state index is 12.3. The number of piperidine rings is 1. The number of rotatable bonds is 2. The van der Waals surface area contributed by atoms with E-state index >= 15 is 0 Å². The Labute approximate surface area is 154 Å². The summed E-state index contributed by atoms with van der Waals surface area (Å²) in [6, 6.07) is -0.969. The van der Waals surface area contributed by atoms with Gasteiger partial charge >= 0.3 is 18.2 Å². The van der Waals surface area contributed by atoms with Crippen molar-refractivity contribution in [3.05, 3.63) is 0 Å². The molecule has 1 aliphatic rings. The fraction of sp³-hybridized carbons (Fsp3) is 0.824. The van der Waals surface area contributed by atoms with Crippen LogP contribution in [0.15, 0.2) is 0 Å². The zero-order chi connectivity index (χ0) is 20.3. The Balaban J connectivity index is 2.93. The number of β-amino-alcohol motifs (C(OH)–C–C–N with tert-alkyl or cyclic N) is 1. The number of nitrogens with one attached hydrogen (secondary N) is 1. The van der Waals surface area contributed by atoms with Gasteiger partial charge in [-0.25, -0.2) is 14.4 Å². The number of aliphatic hydroxyl groups is 1. The Morgan fingerprint density at radius 1 is 1.08 bits per heavy atom. The minimum Gasteiger partial charge on any atom is -0.467 e. The van der Waals surface area contributed by atoms with Crippen LogP contribution in [0.1, 0.15) is 48.0 Å². The van der Waals surface area contributed by atoms with Crippen LogP contribution in [0.4, 0.5) is 9.59 Å². The van der Waals surface area contributed by atoms with E-state index in [2.05, 4.69) is 10.1 Å². The number of alkyl carbamates (subject to hydrolysis) is 1. The molecule has 150 valence electrons. The third kappa shape index (κ3) is 6.05. The molecule has 2 unspecified atom stereocenters. The normalized spacial score (nSPS) is 23.8.